The smallest absolute Gasteiger partial charge is 0.276 e. The van der Waals surface area contributed by atoms with Crippen LogP contribution in [0.15, 0.2) is 12.1 Å². The zero-order valence-corrected chi connectivity index (χ0v) is 12.8. The molecule has 2 heterocycles. The summed E-state index contributed by atoms with van der Waals surface area (Å²) in [6, 6.07) is 3.09. The van der Waals surface area contributed by atoms with E-state index in [9.17, 15) is 10.1 Å². The minimum absolute atomic E-state index is 0.104. The van der Waals surface area contributed by atoms with E-state index in [1.165, 1.54) is 18.9 Å². The lowest BCUT2D eigenvalue weighted by Gasteiger charge is -2.22. The molecule has 1 N–H and O–H groups in total. The Bertz CT molecular complexity index is 493. The van der Waals surface area contributed by atoms with Gasteiger partial charge >= 0.3 is 0 Å². The first-order valence-electron chi connectivity index (χ1n) is 7.79. The molecule has 1 aliphatic rings. The molecule has 1 unspecified atom stereocenters. The van der Waals surface area contributed by atoms with Crippen LogP contribution in [0.3, 0.4) is 0 Å². The monoisotopic (exact) mass is 292 g/mol. The molecule has 2 rings (SSSR count). The molecular weight excluding hydrogens is 268 g/mol. The summed E-state index contributed by atoms with van der Waals surface area (Å²) in [6.07, 6.45) is 4.71. The topological polar surface area (TPSA) is 71.3 Å². The van der Waals surface area contributed by atoms with Crippen molar-refractivity contribution in [1.29, 1.82) is 0 Å². The number of pyridine rings is 1. The van der Waals surface area contributed by atoms with Gasteiger partial charge in [-0.05, 0) is 32.1 Å². The van der Waals surface area contributed by atoms with Crippen molar-refractivity contribution in [2.75, 3.05) is 29.9 Å². The predicted octanol–water partition coefficient (Wildman–Crippen LogP) is 3.44. The molecule has 0 amide bonds. The van der Waals surface area contributed by atoms with Crippen molar-refractivity contribution in [2.24, 2.45) is 5.92 Å². The molecule has 0 aromatic carbocycles. The van der Waals surface area contributed by atoms with Crippen molar-refractivity contribution >= 4 is 17.3 Å². The SMILES string of the molecule is CCNc1cc([N+](=O)[O-])cc(N2CCCC(CC)CC2)n1. The first-order chi connectivity index (χ1) is 10.1. The van der Waals surface area contributed by atoms with E-state index in [0.29, 0.717) is 12.4 Å². The Morgan fingerprint density at radius 2 is 2.19 bits per heavy atom. The molecule has 0 bridgehead atoms. The second-order valence-corrected chi connectivity index (χ2v) is 5.55. The van der Waals surface area contributed by atoms with Crippen LogP contribution in [0.5, 0.6) is 0 Å². The van der Waals surface area contributed by atoms with Crippen LogP contribution in [-0.2, 0) is 0 Å². The molecule has 1 fully saturated rings. The predicted molar refractivity (Wildman–Crippen MR) is 84.9 cm³/mol. The van der Waals surface area contributed by atoms with Gasteiger partial charge < -0.3 is 10.2 Å². The van der Waals surface area contributed by atoms with Crippen molar-refractivity contribution in [2.45, 2.75) is 39.5 Å². The highest BCUT2D eigenvalue weighted by molar-refractivity contribution is 5.56. The van der Waals surface area contributed by atoms with Crippen molar-refractivity contribution in [3.8, 4) is 0 Å². The third kappa shape index (κ3) is 4.06. The van der Waals surface area contributed by atoms with E-state index in [2.05, 4.69) is 22.1 Å². The summed E-state index contributed by atoms with van der Waals surface area (Å²) in [4.78, 5) is 17.5. The van der Waals surface area contributed by atoms with Crippen LogP contribution in [0.1, 0.15) is 39.5 Å². The van der Waals surface area contributed by atoms with Gasteiger partial charge in [-0.15, -0.1) is 0 Å². The van der Waals surface area contributed by atoms with Crippen LogP contribution in [-0.4, -0.2) is 29.5 Å². The first-order valence-corrected chi connectivity index (χ1v) is 7.79. The van der Waals surface area contributed by atoms with Gasteiger partial charge in [0.05, 0.1) is 17.1 Å². The molecule has 1 aromatic heterocycles. The summed E-state index contributed by atoms with van der Waals surface area (Å²) in [7, 11) is 0. The Balaban J connectivity index is 2.22. The third-order valence-corrected chi connectivity index (χ3v) is 4.11. The highest BCUT2D eigenvalue weighted by atomic mass is 16.6. The Morgan fingerprint density at radius 3 is 2.86 bits per heavy atom. The minimum Gasteiger partial charge on any atom is -0.370 e. The molecular formula is C15H24N4O2. The molecule has 116 valence electrons. The van der Waals surface area contributed by atoms with E-state index in [-0.39, 0.29) is 10.6 Å². The largest absolute Gasteiger partial charge is 0.370 e. The number of nitro groups is 1. The second kappa shape index (κ2) is 7.24. The van der Waals surface area contributed by atoms with Crippen LogP contribution >= 0.6 is 0 Å². The molecule has 1 saturated heterocycles. The molecule has 0 spiro atoms. The molecule has 6 nitrogen and oxygen atoms in total. The van der Waals surface area contributed by atoms with Crippen molar-refractivity contribution in [3.05, 3.63) is 22.2 Å². The van der Waals surface area contributed by atoms with Gasteiger partial charge in [0, 0.05) is 19.6 Å². The van der Waals surface area contributed by atoms with Crippen LogP contribution in [0.25, 0.3) is 0 Å². The molecule has 0 radical (unpaired) electrons. The van der Waals surface area contributed by atoms with Gasteiger partial charge in [0.1, 0.15) is 11.6 Å². The van der Waals surface area contributed by atoms with Gasteiger partial charge in [-0.2, -0.15) is 0 Å². The second-order valence-electron chi connectivity index (χ2n) is 5.55. The lowest BCUT2D eigenvalue weighted by Crippen LogP contribution is -2.25. The summed E-state index contributed by atoms with van der Waals surface area (Å²) < 4.78 is 0. The molecule has 1 atom stereocenters. The van der Waals surface area contributed by atoms with Crippen molar-refractivity contribution < 1.29 is 4.92 Å². The Kier molecular flexibility index (Phi) is 5.36. The van der Waals surface area contributed by atoms with Crippen LogP contribution in [0.2, 0.25) is 0 Å². The average molecular weight is 292 g/mol. The van der Waals surface area contributed by atoms with Crippen LogP contribution in [0.4, 0.5) is 17.3 Å². The number of anilines is 2. The number of nitrogens with zero attached hydrogens (tertiary/aromatic N) is 3. The summed E-state index contributed by atoms with van der Waals surface area (Å²) in [5.74, 6) is 2.07. The standard InChI is InChI=1S/C15H24N4O2/c1-3-12-6-5-8-18(9-7-12)15-11-13(19(20)21)10-14(17-15)16-4-2/h10-12H,3-9H2,1-2H3,(H,16,17). The van der Waals surface area contributed by atoms with E-state index < -0.39 is 0 Å². The fourth-order valence-corrected chi connectivity index (χ4v) is 2.84. The van der Waals surface area contributed by atoms with Crippen molar-refractivity contribution in [1.82, 2.24) is 4.98 Å². The fourth-order valence-electron chi connectivity index (χ4n) is 2.84. The summed E-state index contributed by atoms with van der Waals surface area (Å²) in [6.45, 7) is 6.74. The van der Waals surface area contributed by atoms with E-state index in [0.717, 1.165) is 37.7 Å². The van der Waals surface area contributed by atoms with Crippen LogP contribution < -0.4 is 10.2 Å². The minimum atomic E-state index is -0.349. The van der Waals surface area contributed by atoms with Crippen molar-refractivity contribution in [3.63, 3.8) is 0 Å². The lowest BCUT2D eigenvalue weighted by molar-refractivity contribution is -0.384. The molecule has 1 aliphatic heterocycles. The summed E-state index contributed by atoms with van der Waals surface area (Å²) >= 11 is 0. The first kappa shape index (κ1) is 15.5. The highest BCUT2D eigenvalue weighted by Crippen LogP contribution is 2.27. The molecule has 0 saturated carbocycles. The maximum absolute atomic E-state index is 11.1. The quantitative estimate of drug-likeness (QED) is 0.665. The average Bonchev–Trinajstić information content (AvgIpc) is 2.72. The van der Waals surface area contributed by atoms with Gasteiger partial charge in [0.15, 0.2) is 0 Å². The Hall–Kier alpha value is -1.85. The van der Waals surface area contributed by atoms with Gasteiger partial charge in [-0.1, -0.05) is 13.3 Å². The molecule has 1 aromatic rings. The zero-order valence-electron chi connectivity index (χ0n) is 12.8. The van der Waals surface area contributed by atoms with Crippen LogP contribution in [0, 0.1) is 16.0 Å². The fraction of sp³-hybridized carbons (Fsp3) is 0.667. The van der Waals surface area contributed by atoms with E-state index in [1.54, 1.807) is 6.07 Å². The lowest BCUT2D eigenvalue weighted by atomic mass is 9.98. The highest BCUT2D eigenvalue weighted by Gasteiger charge is 2.19. The van der Waals surface area contributed by atoms with Gasteiger partial charge in [0.25, 0.3) is 5.69 Å². The maximum Gasteiger partial charge on any atom is 0.276 e. The summed E-state index contributed by atoms with van der Waals surface area (Å²) in [5, 5.41) is 14.2. The maximum atomic E-state index is 11.1. The number of aromatic nitrogens is 1. The van der Waals surface area contributed by atoms with E-state index >= 15 is 0 Å². The van der Waals surface area contributed by atoms with Gasteiger partial charge in [0.2, 0.25) is 0 Å². The normalized spacial score (nSPS) is 19.1. The number of hydrogen-bond donors (Lipinski definition) is 1. The summed E-state index contributed by atoms with van der Waals surface area (Å²) in [5.41, 5.74) is 0.104. The Labute approximate surface area is 125 Å². The number of rotatable bonds is 5. The van der Waals surface area contributed by atoms with Gasteiger partial charge in [-0.3, -0.25) is 10.1 Å². The molecule has 6 heteroatoms. The third-order valence-electron chi connectivity index (χ3n) is 4.11. The molecule has 21 heavy (non-hydrogen) atoms. The van der Waals surface area contributed by atoms with E-state index in [1.807, 2.05) is 6.92 Å². The number of nitrogens with one attached hydrogen (secondary N) is 1. The number of hydrogen-bond acceptors (Lipinski definition) is 5. The zero-order chi connectivity index (χ0) is 15.2. The molecule has 0 aliphatic carbocycles. The Morgan fingerprint density at radius 1 is 1.38 bits per heavy atom. The van der Waals surface area contributed by atoms with E-state index in [4.69, 9.17) is 0 Å². The van der Waals surface area contributed by atoms with Gasteiger partial charge in [-0.25, -0.2) is 4.98 Å².